The summed E-state index contributed by atoms with van der Waals surface area (Å²) in [7, 11) is 1.66. The van der Waals surface area contributed by atoms with Crippen molar-refractivity contribution in [3.63, 3.8) is 0 Å². The molecular weight excluding hydrogens is 583 g/mol. The van der Waals surface area contributed by atoms with Crippen molar-refractivity contribution in [1.29, 1.82) is 0 Å². The summed E-state index contributed by atoms with van der Waals surface area (Å²) in [5.74, 6) is -0.630. The number of benzene rings is 3. The van der Waals surface area contributed by atoms with Gasteiger partial charge < -0.3 is 24.8 Å². The Balaban J connectivity index is 1.53. The van der Waals surface area contributed by atoms with Crippen LogP contribution in [0.2, 0.25) is 0 Å². The molecule has 8 heteroatoms. The number of nitrogens with zero attached hydrogens (tertiary/aromatic N) is 1. The van der Waals surface area contributed by atoms with E-state index in [1.165, 1.54) is 6.07 Å². The number of unbranched alkanes of at least 4 members (excludes halogenated alkanes) is 1. The molecule has 0 bridgehead atoms. The van der Waals surface area contributed by atoms with E-state index in [1.807, 2.05) is 62.1 Å². The molecule has 248 valence electrons. The van der Waals surface area contributed by atoms with Crippen molar-refractivity contribution in [2.24, 2.45) is 5.92 Å². The Bertz CT molecular complexity index is 1480. The summed E-state index contributed by atoms with van der Waals surface area (Å²) < 4.78 is 26.3. The molecule has 0 aliphatic carbocycles. The molecule has 2 amide bonds. The molecule has 1 aliphatic heterocycles. The number of hydrogen-bond donors (Lipinski definition) is 2. The van der Waals surface area contributed by atoms with E-state index in [0.717, 1.165) is 36.0 Å². The number of nitrogens with one attached hydrogen (secondary N) is 1. The van der Waals surface area contributed by atoms with Crippen LogP contribution in [-0.4, -0.2) is 54.4 Å². The van der Waals surface area contributed by atoms with Crippen LogP contribution in [0.4, 0.5) is 9.18 Å². The zero-order valence-electron chi connectivity index (χ0n) is 27.9. The zero-order valence-corrected chi connectivity index (χ0v) is 27.9. The Morgan fingerprint density at radius 2 is 1.67 bits per heavy atom. The van der Waals surface area contributed by atoms with Crippen molar-refractivity contribution >= 4 is 12.0 Å². The van der Waals surface area contributed by atoms with Crippen LogP contribution in [0, 0.1) is 11.7 Å². The van der Waals surface area contributed by atoms with Gasteiger partial charge in [-0.05, 0) is 106 Å². The molecule has 46 heavy (non-hydrogen) atoms. The number of carbonyl (C=O) groups is 2. The average Bonchev–Trinajstić information content (AvgIpc) is 3.04. The number of piperidine rings is 1. The standard InChI is InChI=1S/C38H49FN2O5/c1-6-27-12-9-14-29(24-27)34-32(16-11-17-33(34)39)38(44,20-7-8-23-45-5)31-18-21-41(22-19-31)35(42)30-15-10-13-28(25-30)26-46-36(43)40-37(2,3)4/h9-17,24-25,31,44H,6-8,18-23,26H2,1-5H3,(H,40,43). The highest BCUT2D eigenvalue weighted by Gasteiger charge is 2.42. The number of aryl methyl sites for hydroxylation is 1. The number of aliphatic hydroxyl groups is 1. The van der Waals surface area contributed by atoms with Gasteiger partial charge in [0.2, 0.25) is 0 Å². The Morgan fingerprint density at radius 3 is 2.37 bits per heavy atom. The van der Waals surface area contributed by atoms with Crippen molar-refractivity contribution in [2.75, 3.05) is 26.8 Å². The summed E-state index contributed by atoms with van der Waals surface area (Å²) in [6.45, 7) is 9.27. The maximum atomic E-state index is 15.7. The number of hydrogen-bond acceptors (Lipinski definition) is 5. The van der Waals surface area contributed by atoms with Gasteiger partial charge in [-0.25, -0.2) is 9.18 Å². The number of amides is 2. The first-order chi connectivity index (χ1) is 21.9. The number of carbonyl (C=O) groups excluding carboxylic acids is 2. The van der Waals surface area contributed by atoms with E-state index in [-0.39, 0.29) is 24.2 Å². The molecule has 1 aliphatic rings. The molecule has 3 aromatic rings. The third kappa shape index (κ3) is 8.95. The lowest BCUT2D eigenvalue weighted by Crippen LogP contribution is -2.45. The van der Waals surface area contributed by atoms with E-state index >= 15 is 4.39 Å². The molecule has 0 spiro atoms. The Kier molecular flexibility index (Phi) is 12.0. The molecule has 1 unspecified atom stereocenters. The monoisotopic (exact) mass is 632 g/mol. The summed E-state index contributed by atoms with van der Waals surface area (Å²) >= 11 is 0. The fourth-order valence-corrected chi connectivity index (χ4v) is 6.35. The first-order valence-corrected chi connectivity index (χ1v) is 16.4. The van der Waals surface area contributed by atoms with Crippen LogP contribution in [0.1, 0.15) is 86.8 Å². The van der Waals surface area contributed by atoms with Crippen LogP contribution in [0.3, 0.4) is 0 Å². The molecule has 3 aromatic carbocycles. The van der Waals surface area contributed by atoms with Crippen molar-refractivity contribution in [2.45, 2.75) is 84.0 Å². The quantitative estimate of drug-likeness (QED) is 0.201. The van der Waals surface area contributed by atoms with E-state index in [9.17, 15) is 14.7 Å². The SMILES string of the molecule is CCc1cccc(-c2c(F)cccc2C(O)(CCCCOC)C2CCN(C(=O)c3cccc(COC(=O)NC(C)(C)C)c3)CC2)c1. The third-order valence-corrected chi connectivity index (χ3v) is 8.74. The summed E-state index contributed by atoms with van der Waals surface area (Å²) in [6.07, 6.45) is 3.43. The topological polar surface area (TPSA) is 88.1 Å². The second kappa shape index (κ2) is 15.7. The van der Waals surface area contributed by atoms with Crippen molar-refractivity contribution in [1.82, 2.24) is 10.2 Å². The summed E-state index contributed by atoms with van der Waals surface area (Å²) in [5.41, 5.74) is 2.46. The number of likely N-dealkylation sites (tertiary alicyclic amines) is 1. The van der Waals surface area contributed by atoms with Gasteiger partial charge in [0.05, 0.1) is 5.60 Å². The van der Waals surface area contributed by atoms with Gasteiger partial charge in [0, 0.05) is 43.5 Å². The van der Waals surface area contributed by atoms with Crippen molar-refractivity contribution < 1.29 is 28.6 Å². The van der Waals surface area contributed by atoms with E-state index in [4.69, 9.17) is 9.47 Å². The number of methoxy groups -OCH3 is 1. The van der Waals surface area contributed by atoms with Crippen molar-refractivity contribution in [3.05, 3.63) is 94.8 Å². The third-order valence-electron chi connectivity index (χ3n) is 8.74. The maximum absolute atomic E-state index is 15.7. The van der Waals surface area contributed by atoms with E-state index in [1.54, 1.807) is 31.4 Å². The van der Waals surface area contributed by atoms with E-state index < -0.39 is 17.2 Å². The Morgan fingerprint density at radius 1 is 0.978 bits per heavy atom. The lowest BCUT2D eigenvalue weighted by molar-refractivity contribution is -0.0551. The molecule has 4 rings (SSSR count). The van der Waals surface area contributed by atoms with Gasteiger partial charge in [0.15, 0.2) is 0 Å². The zero-order chi connectivity index (χ0) is 33.3. The van der Waals surface area contributed by atoms with Gasteiger partial charge in [-0.15, -0.1) is 0 Å². The number of halogens is 1. The predicted molar refractivity (Wildman–Crippen MR) is 179 cm³/mol. The fourth-order valence-electron chi connectivity index (χ4n) is 6.35. The molecule has 0 saturated carbocycles. The van der Waals surface area contributed by atoms with Crippen LogP contribution >= 0.6 is 0 Å². The summed E-state index contributed by atoms with van der Waals surface area (Å²) in [4.78, 5) is 27.5. The van der Waals surface area contributed by atoms with Gasteiger partial charge in [-0.2, -0.15) is 0 Å². The number of ether oxygens (including phenoxy) is 2. The van der Waals surface area contributed by atoms with Gasteiger partial charge in [0.1, 0.15) is 12.4 Å². The highest BCUT2D eigenvalue weighted by Crippen LogP contribution is 2.45. The molecular formula is C38H49FN2O5. The second-order valence-corrected chi connectivity index (χ2v) is 13.3. The lowest BCUT2D eigenvalue weighted by atomic mass is 9.71. The first-order valence-electron chi connectivity index (χ1n) is 16.4. The van der Waals surface area contributed by atoms with E-state index in [0.29, 0.717) is 55.6 Å². The normalized spacial score (nSPS) is 15.3. The average molecular weight is 633 g/mol. The van der Waals surface area contributed by atoms with Gasteiger partial charge >= 0.3 is 6.09 Å². The van der Waals surface area contributed by atoms with Gasteiger partial charge in [-0.1, -0.05) is 55.5 Å². The fraction of sp³-hybridized carbons (Fsp3) is 0.474. The molecule has 0 radical (unpaired) electrons. The molecule has 1 fully saturated rings. The maximum Gasteiger partial charge on any atom is 0.407 e. The van der Waals surface area contributed by atoms with Crippen LogP contribution in [0.15, 0.2) is 66.7 Å². The van der Waals surface area contributed by atoms with Crippen molar-refractivity contribution in [3.8, 4) is 11.1 Å². The minimum absolute atomic E-state index is 0.0539. The van der Waals surface area contributed by atoms with Crippen LogP contribution in [0.5, 0.6) is 0 Å². The molecule has 0 aromatic heterocycles. The highest BCUT2D eigenvalue weighted by atomic mass is 19.1. The van der Waals surface area contributed by atoms with E-state index in [2.05, 4.69) is 12.2 Å². The molecule has 1 heterocycles. The molecule has 1 atom stereocenters. The smallest absolute Gasteiger partial charge is 0.407 e. The molecule has 2 N–H and O–H groups in total. The van der Waals surface area contributed by atoms with Gasteiger partial charge in [-0.3, -0.25) is 4.79 Å². The Hall–Kier alpha value is -3.75. The first kappa shape index (κ1) is 35.1. The predicted octanol–water partition coefficient (Wildman–Crippen LogP) is 7.64. The number of alkyl carbamates (subject to hydrolysis) is 1. The van der Waals surface area contributed by atoms with Gasteiger partial charge in [0.25, 0.3) is 5.91 Å². The number of rotatable bonds is 12. The van der Waals surface area contributed by atoms with Crippen LogP contribution < -0.4 is 5.32 Å². The molecule has 7 nitrogen and oxygen atoms in total. The minimum Gasteiger partial charge on any atom is -0.445 e. The molecule has 1 saturated heterocycles. The van der Waals surface area contributed by atoms with Crippen LogP contribution in [-0.2, 0) is 28.1 Å². The minimum atomic E-state index is -1.28. The van der Waals surface area contributed by atoms with Crippen LogP contribution in [0.25, 0.3) is 11.1 Å². The summed E-state index contributed by atoms with van der Waals surface area (Å²) in [5, 5.41) is 15.4. The largest absolute Gasteiger partial charge is 0.445 e. The lowest BCUT2D eigenvalue weighted by Gasteiger charge is -2.43. The Labute approximate surface area is 273 Å². The summed E-state index contributed by atoms with van der Waals surface area (Å²) in [6, 6.07) is 20.0. The highest BCUT2D eigenvalue weighted by molar-refractivity contribution is 5.94. The second-order valence-electron chi connectivity index (χ2n) is 13.3.